The van der Waals surface area contributed by atoms with Crippen LogP contribution < -0.4 is 10.4 Å². The number of benzene rings is 2. The van der Waals surface area contributed by atoms with Crippen molar-refractivity contribution in [2.45, 2.75) is 45.3 Å². The molecular weight excluding hydrogens is 406 g/mol. The van der Waals surface area contributed by atoms with Crippen LogP contribution in [0.2, 0.25) is 5.02 Å². The van der Waals surface area contributed by atoms with Crippen LogP contribution in [-0.2, 0) is 24.2 Å². The fourth-order valence-corrected chi connectivity index (χ4v) is 3.21. The van der Waals surface area contributed by atoms with Crippen LogP contribution >= 0.6 is 11.6 Å². The minimum atomic E-state index is -1.28. The van der Waals surface area contributed by atoms with Crippen molar-refractivity contribution in [3.8, 4) is 5.75 Å². The smallest absolute Gasteiger partial charge is 0.347 e. The van der Waals surface area contributed by atoms with Gasteiger partial charge in [0, 0.05) is 11.4 Å². The molecule has 1 aromatic heterocycles. The molecule has 2 aromatic carbocycles. The Morgan fingerprint density at radius 3 is 2.53 bits per heavy atom. The van der Waals surface area contributed by atoms with Crippen LogP contribution in [0.4, 0.5) is 0 Å². The number of aryl methyl sites for hydroxylation is 2. The van der Waals surface area contributed by atoms with Crippen LogP contribution in [0.3, 0.4) is 0 Å². The summed E-state index contributed by atoms with van der Waals surface area (Å²) in [5.74, 6) is 0.170. The number of carbonyl (C=O) groups is 1. The number of nitrogens with zero attached hydrogens (tertiary/aromatic N) is 2. The van der Waals surface area contributed by atoms with Gasteiger partial charge in [0.15, 0.2) is 5.60 Å². The van der Waals surface area contributed by atoms with Gasteiger partial charge in [-0.1, -0.05) is 41.9 Å². The summed E-state index contributed by atoms with van der Waals surface area (Å²) in [6.45, 7) is 3.39. The molecule has 0 aliphatic rings. The number of carboxylic acid groups (broad SMARTS) is 1. The third-order valence-corrected chi connectivity index (χ3v) is 5.17. The number of hydrogen-bond donors (Lipinski definition) is 2. The second-order valence-electron chi connectivity index (χ2n) is 7.54. The number of carboxylic acids is 1. The topological polar surface area (TPSA) is 97.2 Å². The Morgan fingerprint density at radius 1 is 1.17 bits per heavy atom. The third-order valence-electron chi connectivity index (χ3n) is 4.80. The molecule has 2 N–H and O–H groups in total. The first-order chi connectivity index (χ1) is 14.3. The highest BCUT2D eigenvalue weighted by molar-refractivity contribution is 6.31. The average molecular weight is 430 g/mol. The summed E-state index contributed by atoms with van der Waals surface area (Å²) in [5.41, 5.74) is 0.412. The fraction of sp³-hybridized carbons (Fsp3) is 0.318. The van der Waals surface area contributed by atoms with E-state index in [4.69, 9.17) is 21.4 Å². The van der Waals surface area contributed by atoms with E-state index in [0.717, 1.165) is 24.0 Å². The number of ether oxygens (including phenoxy) is 1. The molecule has 0 bridgehead atoms. The maximum atomic E-state index is 12.1. The summed E-state index contributed by atoms with van der Waals surface area (Å²) in [6.07, 6.45) is 2.22. The van der Waals surface area contributed by atoms with Gasteiger partial charge in [0.05, 0.1) is 6.54 Å². The molecule has 0 aliphatic heterocycles. The molecule has 3 aromatic rings. The van der Waals surface area contributed by atoms with Gasteiger partial charge in [-0.2, -0.15) is 5.10 Å². The molecule has 0 fully saturated rings. The van der Waals surface area contributed by atoms with E-state index in [9.17, 15) is 9.59 Å². The van der Waals surface area contributed by atoms with E-state index in [1.54, 1.807) is 22.8 Å². The monoisotopic (exact) mass is 429 g/mol. The number of halogens is 1. The Labute approximate surface area is 179 Å². The third kappa shape index (κ3) is 5.30. The quantitative estimate of drug-likeness (QED) is 0.540. The van der Waals surface area contributed by atoms with Crippen molar-refractivity contribution < 1.29 is 14.6 Å². The second-order valence-corrected chi connectivity index (χ2v) is 7.94. The summed E-state index contributed by atoms with van der Waals surface area (Å²) in [7, 11) is 0. The van der Waals surface area contributed by atoms with Crippen molar-refractivity contribution in [2.75, 3.05) is 0 Å². The minimum Gasteiger partial charge on any atom is -0.478 e. The summed E-state index contributed by atoms with van der Waals surface area (Å²) in [4.78, 5) is 23.3. The lowest BCUT2D eigenvalue weighted by Gasteiger charge is -2.21. The molecule has 0 radical (unpaired) electrons. The first kappa shape index (κ1) is 21.6. The van der Waals surface area contributed by atoms with E-state index in [2.05, 4.69) is 10.2 Å². The van der Waals surface area contributed by atoms with Crippen LogP contribution in [0.25, 0.3) is 0 Å². The normalized spacial score (nSPS) is 11.4. The molecule has 0 aliphatic carbocycles. The highest BCUT2D eigenvalue weighted by Crippen LogP contribution is 2.20. The lowest BCUT2D eigenvalue weighted by molar-refractivity contribution is -0.152. The van der Waals surface area contributed by atoms with Crippen LogP contribution in [-0.4, -0.2) is 31.4 Å². The van der Waals surface area contributed by atoms with Crippen molar-refractivity contribution >= 4 is 17.6 Å². The van der Waals surface area contributed by atoms with Gasteiger partial charge >= 0.3 is 11.7 Å². The molecule has 3 rings (SSSR count). The van der Waals surface area contributed by atoms with Gasteiger partial charge in [-0.15, -0.1) is 0 Å². The standard InChI is InChI=1S/C22H24ClN3O4/c1-22(2,20(27)28)30-17-12-10-15(11-13-17)6-5-9-19-24-25-21(29)26(19)14-16-7-3-4-8-18(16)23/h3-4,7-8,10-13H,5-6,9,14H2,1-2H3,(H,25,29)(H,27,28). The lowest BCUT2D eigenvalue weighted by Crippen LogP contribution is -2.37. The van der Waals surface area contributed by atoms with Gasteiger partial charge in [0.25, 0.3) is 0 Å². The molecule has 0 unspecified atom stereocenters. The molecule has 0 saturated heterocycles. The molecule has 1 heterocycles. The molecule has 158 valence electrons. The number of aromatic nitrogens is 3. The Hall–Kier alpha value is -3.06. The van der Waals surface area contributed by atoms with E-state index in [0.29, 0.717) is 29.6 Å². The van der Waals surface area contributed by atoms with E-state index in [1.165, 1.54) is 13.8 Å². The zero-order valence-electron chi connectivity index (χ0n) is 16.9. The predicted molar refractivity (Wildman–Crippen MR) is 114 cm³/mol. The van der Waals surface area contributed by atoms with Gasteiger partial charge in [-0.3, -0.25) is 4.57 Å². The maximum absolute atomic E-state index is 12.1. The van der Waals surface area contributed by atoms with E-state index in [-0.39, 0.29) is 5.69 Å². The van der Waals surface area contributed by atoms with E-state index >= 15 is 0 Å². The molecule has 7 nitrogen and oxygen atoms in total. The number of H-pyrrole nitrogens is 1. The highest BCUT2D eigenvalue weighted by atomic mass is 35.5. The van der Waals surface area contributed by atoms with Crippen LogP contribution in [0.5, 0.6) is 5.75 Å². The van der Waals surface area contributed by atoms with Crippen molar-refractivity contribution in [3.63, 3.8) is 0 Å². The van der Waals surface area contributed by atoms with Crippen LogP contribution in [0, 0.1) is 0 Å². The van der Waals surface area contributed by atoms with Crippen molar-refractivity contribution in [2.24, 2.45) is 0 Å². The summed E-state index contributed by atoms with van der Waals surface area (Å²) < 4.78 is 7.12. The number of aromatic amines is 1. The largest absolute Gasteiger partial charge is 0.478 e. The Bertz CT molecular complexity index is 1070. The minimum absolute atomic E-state index is 0.257. The first-order valence-corrected chi connectivity index (χ1v) is 10.0. The molecular formula is C22H24ClN3O4. The summed E-state index contributed by atoms with van der Waals surface area (Å²) >= 11 is 6.21. The Balaban J connectivity index is 1.59. The van der Waals surface area contributed by atoms with Crippen molar-refractivity contribution in [1.29, 1.82) is 0 Å². The molecule has 0 atom stereocenters. The zero-order chi connectivity index (χ0) is 21.7. The zero-order valence-corrected chi connectivity index (χ0v) is 17.6. The number of rotatable bonds is 9. The van der Waals surface area contributed by atoms with Gasteiger partial charge in [0.2, 0.25) is 0 Å². The van der Waals surface area contributed by atoms with Crippen LogP contribution in [0.1, 0.15) is 37.2 Å². The van der Waals surface area contributed by atoms with E-state index in [1.807, 2.05) is 30.3 Å². The molecule has 0 saturated carbocycles. The first-order valence-electron chi connectivity index (χ1n) is 9.65. The van der Waals surface area contributed by atoms with Gasteiger partial charge in [-0.05, 0) is 56.0 Å². The maximum Gasteiger partial charge on any atom is 0.347 e. The van der Waals surface area contributed by atoms with Gasteiger partial charge in [-0.25, -0.2) is 14.7 Å². The van der Waals surface area contributed by atoms with Crippen LogP contribution in [0.15, 0.2) is 53.3 Å². The molecule has 0 amide bonds. The number of nitrogens with one attached hydrogen (secondary N) is 1. The fourth-order valence-electron chi connectivity index (χ4n) is 3.01. The Morgan fingerprint density at radius 2 is 1.87 bits per heavy atom. The SMILES string of the molecule is CC(C)(Oc1ccc(CCCc2n[nH]c(=O)n2Cc2ccccc2Cl)cc1)C(=O)O. The number of aliphatic carboxylic acids is 1. The summed E-state index contributed by atoms with van der Waals surface area (Å²) in [6, 6.07) is 14.8. The van der Waals surface area contributed by atoms with Gasteiger partial charge in [0.1, 0.15) is 11.6 Å². The highest BCUT2D eigenvalue weighted by Gasteiger charge is 2.29. The molecule has 8 heteroatoms. The van der Waals surface area contributed by atoms with E-state index < -0.39 is 11.6 Å². The molecule has 0 spiro atoms. The van der Waals surface area contributed by atoms with Crippen molar-refractivity contribution in [1.82, 2.24) is 14.8 Å². The van der Waals surface area contributed by atoms with Crippen molar-refractivity contribution in [3.05, 3.63) is 81.0 Å². The lowest BCUT2D eigenvalue weighted by atomic mass is 10.1. The number of hydrogen-bond acceptors (Lipinski definition) is 4. The van der Waals surface area contributed by atoms with Gasteiger partial charge < -0.3 is 9.84 Å². The average Bonchev–Trinajstić information content (AvgIpc) is 3.04. The molecule has 30 heavy (non-hydrogen) atoms. The predicted octanol–water partition coefficient (Wildman–Crippen LogP) is 3.69. The second kappa shape index (κ2) is 9.17. The Kier molecular flexibility index (Phi) is 6.62. The summed E-state index contributed by atoms with van der Waals surface area (Å²) in [5, 5.41) is 16.4.